The molecule has 0 unspecified atom stereocenters. The largest absolute Gasteiger partial charge is 0.493 e. The van der Waals surface area contributed by atoms with Crippen LogP contribution >= 0.6 is 11.3 Å². The maximum absolute atomic E-state index is 5.23. The van der Waals surface area contributed by atoms with E-state index in [4.69, 9.17) is 9.47 Å². The molecule has 72 valence electrons. The molecule has 1 aromatic carbocycles. The van der Waals surface area contributed by atoms with Crippen molar-refractivity contribution < 1.29 is 9.47 Å². The fraction of sp³-hybridized carbons (Fsp3) is 0.182. The molecule has 14 heavy (non-hydrogen) atoms. The van der Waals surface area contributed by atoms with Gasteiger partial charge in [-0.3, -0.25) is 0 Å². The van der Waals surface area contributed by atoms with Gasteiger partial charge in [-0.15, -0.1) is 0 Å². The third-order valence-corrected chi connectivity index (χ3v) is 2.97. The van der Waals surface area contributed by atoms with Crippen LogP contribution in [0.15, 0.2) is 29.6 Å². The summed E-state index contributed by atoms with van der Waals surface area (Å²) in [5, 5.41) is 3.23. The van der Waals surface area contributed by atoms with Crippen LogP contribution in [0.25, 0.3) is 10.1 Å². The lowest BCUT2D eigenvalue weighted by Crippen LogP contribution is -1.89. The van der Waals surface area contributed by atoms with Crippen molar-refractivity contribution in [3.05, 3.63) is 29.6 Å². The quantitative estimate of drug-likeness (QED) is 0.704. The van der Waals surface area contributed by atoms with Crippen LogP contribution in [0.3, 0.4) is 0 Å². The summed E-state index contributed by atoms with van der Waals surface area (Å²) in [6, 6.07) is 8.08. The fourth-order valence-corrected chi connectivity index (χ4v) is 2.11. The van der Waals surface area contributed by atoms with Crippen LogP contribution in [0, 0.1) is 0 Å². The molecule has 2 nitrogen and oxygen atoms in total. The number of fused-ring (bicyclic) bond motifs is 1. The van der Waals surface area contributed by atoms with E-state index in [1.54, 1.807) is 25.6 Å². The van der Waals surface area contributed by atoms with Crippen molar-refractivity contribution >= 4 is 21.4 Å². The summed E-state index contributed by atoms with van der Waals surface area (Å²) in [6.45, 7) is 0. The Morgan fingerprint density at radius 3 is 2.50 bits per heavy atom. The molecule has 0 amide bonds. The van der Waals surface area contributed by atoms with Crippen molar-refractivity contribution in [2.45, 2.75) is 0 Å². The minimum atomic E-state index is 0.776. The molecule has 0 spiro atoms. The third kappa shape index (κ3) is 1.51. The van der Waals surface area contributed by atoms with Crippen molar-refractivity contribution in [2.24, 2.45) is 0 Å². The molecule has 1 heterocycles. The van der Waals surface area contributed by atoms with Gasteiger partial charge in [0.25, 0.3) is 0 Å². The van der Waals surface area contributed by atoms with Crippen molar-refractivity contribution in [3.8, 4) is 11.5 Å². The minimum Gasteiger partial charge on any atom is -0.493 e. The van der Waals surface area contributed by atoms with E-state index < -0.39 is 0 Å². The van der Waals surface area contributed by atoms with E-state index in [-0.39, 0.29) is 0 Å². The summed E-state index contributed by atoms with van der Waals surface area (Å²) in [5.41, 5.74) is 0. The molecule has 0 aliphatic heterocycles. The first-order chi connectivity index (χ1) is 6.85. The van der Waals surface area contributed by atoms with Crippen LogP contribution in [0.5, 0.6) is 11.5 Å². The smallest absolute Gasteiger partial charge is 0.241 e. The monoisotopic (exact) mass is 207 g/mol. The van der Waals surface area contributed by atoms with Crippen molar-refractivity contribution in [1.82, 2.24) is 0 Å². The highest BCUT2D eigenvalue weighted by Gasteiger charge is 2.10. The number of methoxy groups -OCH3 is 2. The number of hydrogen-bond donors (Lipinski definition) is 0. The second-order valence-corrected chi connectivity index (χ2v) is 3.81. The molecule has 0 saturated carbocycles. The second-order valence-electron chi connectivity index (χ2n) is 2.86. The minimum absolute atomic E-state index is 0.776. The van der Waals surface area contributed by atoms with Crippen LogP contribution in [0.1, 0.15) is 0 Å². The third-order valence-electron chi connectivity index (χ3n) is 2.07. The summed E-state index contributed by atoms with van der Waals surface area (Å²) < 4.78 is 11.6. The van der Waals surface area contributed by atoms with Gasteiger partial charge in [0.1, 0.15) is 0 Å². The maximum Gasteiger partial charge on any atom is 0.241 e. The molecule has 0 radical (unpaired) electrons. The predicted molar refractivity (Wildman–Crippen MR) is 59.3 cm³/mol. The van der Waals surface area contributed by atoms with Crippen molar-refractivity contribution in [1.29, 1.82) is 0 Å². The molecule has 2 rings (SSSR count). The molecule has 0 N–H and O–H groups in total. The van der Waals surface area contributed by atoms with Crippen molar-refractivity contribution in [2.75, 3.05) is 14.2 Å². The highest BCUT2D eigenvalue weighted by Crippen LogP contribution is 2.33. The maximum atomic E-state index is 5.23. The van der Waals surface area contributed by atoms with Gasteiger partial charge in [0, 0.05) is 11.5 Å². The number of benzene rings is 1. The molecular weight excluding hydrogens is 196 g/mol. The van der Waals surface area contributed by atoms with Crippen LogP contribution in [-0.2, 0) is 0 Å². The Bertz CT molecular complexity index is 411. The first kappa shape index (κ1) is 9.21. The number of ether oxygens (including phenoxy) is 2. The van der Waals surface area contributed by atoms with E-state index in [0.717, 1.165) is 11.5 Å². The predicted octanol–water partition coefficient (Wildman–Crippen LogP) is 3.20. The molecule has 0 bridgehead atoms. The van der Waals surface area contributed by atoms with E-state index in [1.165, 1.54) is 10.1 Å². The lowest BCUT2D eigenvalue weighted by atomic mass is 10.2. The molecule has 0 aliphatic carbocycles. The SMILES string of the molecule is COc1cc2ccc[s+]c2cc1OC. The van der Waals surface area contributed by atoms with Crippen LogP contribution in [0.2, 0.25) is 0 Å². The van der Waals surface area contributed by atoms with Crippen molar-refractivity contribution in [3.63, 3.8) is 0 Å². The highest BCUT2D eigenvalue weighted by molar-refractivity contribution is 7.16. The summed E-state index contributed by atoms with van der Waals surface area (Å²) in [7, 11) is 3.30. The lowest BCUT2D eigenvalue weighted by Gasteiger charge is -2.05. The molecule has 2 aromatic rings. The Morgan fingerprint density at radius 1 is 1.07 bits per heavy atom. The normalized spacial score (nSPS) is 10.1. The molecule has 0 saturated heterocycles. The van der Waals surface area contributed by atoms with E-state index in [2.05, 4.69) is 6.07 Å². The topological polar surface area (TPSA) is 18.5 Å². The van der Waals surface area contributed by atoms with Gasteiger partial charge in [0.2, 0.25) is 16.0 Å². The molecular formula is C11H11O2S+. The molecule has 1 aromatic heterocycles. The van der Waals surface area contributed by atoms with E-state index in [9.17, 15) is 0 Å². The summed E-state index contributed by atoms with van der Waals surface area (Å²) in [5.74, 6) is 1.56. The second kappa shape index (κ2) is 3.80. The Labute approximate surface area is 86.7 Å². The number of rotatable bonds is 2. The first-order valence-corrected chi connectivity index (χ1v) is 5.15. The molecule has 0 aliphatic rings. The lowest BCUT2D eigenvalue weighted by molar-refractivity contribution is 0.356. The zero-order valence-electron chi connectivity index (χ0n) is 8.11. The standard InChI is InChI=1S/C11H11O2S/c1-12-9-6-8-4-3-5-14-11(8)7-10(9)13-2/h3-7H,1-2H3/q+1. The van der Waals surface area contributed by atoms with Gasteiger partial charge in [-0.05, 0) is 18.2 Å². The summed E-state index contributed by atoms with van der Waals surface area (Å²) >= 11 is 1.69. The summed E-state index contributed by atoms with van der Waals surface area (Å²) in [4.78, 5) is 0. The Hall–Kier alpha value is -1.35. The average molecular weight is 207 g/mol. The van der Waals surface area contributed by atoms with Gasteiger partial charge in [-0.2, -0.15) is 0 Å². The Morgan fingerprint density at radius 2 is 1.79 bits per heavy atom. The van der Waals surface area contributed by atoms with Crippen LogP contribution in [0.4, 0.5) is 0 Å². The zero-order chi connectivity index (χ0) is 9.97. The zero-order valence-corrected chi connectivity index (χ0v) is 8.93. The van der Waals surface area contributed by atoms with Gasteiger partial charge >= 0.3 is 0 Å². The Kier molecular flexibility index (Phi) is 2.50. The van der Waals surface area contributed by atoms with E-state index in [1.807, 2.05) is 23.6 Å². The van der Waals surface area contributed by atoms with E-state index in [0.29, 0.717) is 0 Å². The van der Waals surface area contributed by atoms with Gasteiger partial charge in [-0.1, -0.05) is 0 Å². The number of hydrogen-bond acceptors (Lipinski definition) is 2. The first-order valence-electron chi connectivity index (χ1n) is 4.27. The summed E-state index contributed by atoms with van der Waals surface area (Å²) in [6.07, 6.45) is 0. The average Bonchev–Trinajstić information content (AvgIpc) is 2.27. The van der Waals surface area contributed by atoms with E-state index >= 15 is 0 Å². The Balaban J connectivity index is 2.69. The van der Waals surface area contributed by atoms with Crippen LogP contribution < -0.4 is 9.47 Å². The molecule has 0 atom stereocenters. The van der Waals surface area contributed by atoms with Gasteiger partial charge in [0.05, 0.1) is 14.2 Å². The molecule has 3 heteroatoms. The fourth-order valence-electron chi connectivity index (χ4n) is 1.36. The van der Waals surface area contributed by atoms with Gasteiger partial charge in [0.15, 0.2) is 16.9 Å². The van der Waals surface area contributed by atoms with Gasteiger partial charge < -0.3 is 9.47 Å². The highest BCUT2D eigenvalue weighted by atomic mass is 32.1. The van der Waals surface area contributed by atoms with Crippen LogP contribution in [-0.4, -0.2) is 14.2 Å². The van der Waals surface area contributed by atoms with Gasteiger partial charge in [-0.25, -0.2) is 0 Å². The molecule has 0 fully saturated rings.